The molecule has 1 N–H and O–H groups in total. The van der Waals surface area contributed by atoms with Gasteiger partial charge in [0, 0.05) is 12.2 Å². The van der Waals surface area contributed by atoms with E-state index in [-0.39, 0.29) is 11.2 Å². The maximum Gasteiger partial charge on any atom is 0.237 e. The molecule has 2 aromatic heterocycles. The van der Waals surface area contributed by atoms with Crippen LogP contribution in [0.2, 0.25) is 0 Å². The summed E-state index contributed by atoms with van der Waals surface area (Å²) in [7, 11) is 0. The van der Waals surface area contributed by atoms with Gasteiger partial charge in [0.2, 0.25) is 5.91 Å². The van der Waals surface area contributed by atoms with E-state index in [4.69, 9.17) is 0 Å². The number of rotatable bonds is 7. The van der Waals surface area contributed by atoms with Gasteiger partial charge in [0.05, 0.1) is 10.1 Å². The highest BCUT2D eigenvalue weighted by atomic mass is 32.2. The molecule has 0 aliphatic heterocycles. The van der Waals surface area contributed by atoms with Gasteiger partial charge in [0.1, 0.15) is 0 Å². The zero-order valence-corrected chi connectivity index (χ0v) is 15.8. The molecule has 0 spiro atoms. The van der Waals surface area contributed by atoms with E-state index in [1.165, 1.54) is 11.8 Å². The molecule has 0 saturated heterocycles. The van der Waals surface area contributed by atoms with E-state index in [1.54, 1.807) is 11.3 Å². The number of anilines is 1. The van der Waals surface area contributed by atoms with Gasteiger partial charge in [-0.15, -0.1) is 21.5 Å². The molecule has 0 fully saturated rings. The lowest BCUT2D eigenvalue weighted by Gasteiger charge is -2.15. The number of hydrogen-bond acceptors (Lipinski definition) is 5. The molecule has 5 nitrogen and oxygen atoms in total. The highest BCUT2D eigenvalue weighted by Gasteiger charge is 2.23. The third kappa shape index (κ3) is 4.11. The van der Waals surface area contributed by atoms with Crippen molar-refractivity contribution in [3.05, 3.63) is 47.8 Å². The maximum atomic E-state index is 12.6. The molecular weight excluding hydrogens is 352 g/mol. The number of amides is 1. The highest BCUT2D eigenvalue weighted by molar-refractivity contribution is 8.00. The van der Waals surface area contributed by atoms with Gasteiger partial charge >= 0.3 is 0 Å². The summed E-state index contributed by atoms with van der Waals surface area (Å²) in [6.45, 7) is 4.84. The van der Waals surface area contributed by atoms with Crippen molar-refractivity contribution in [2.45, 2.75) is 37.2 Å². The number of thiophene rings is 1. The van der Waals surface area contributed by atoms with Gasteiger partial charge in [-0.05, 0) is 36.9 Å². The van der Waals surface area contributed by atoms with Gasteiger partial charge in [-0.25, -0.2) is 0 Å². The summed E-state index contributed by atoms with van der Waals surface area (Å²) in [5.41, 5.74) is 0.808. The predicted octanol–water partition coefficient (Wildman–Crippen LogP) is 4.54. The average molecular weight is 373 g/mol. The van der Waals surface area contributed by atoms with Crippen LogP contribution in [0.25, 0.3) is 10.7 Å². The summed E-state index contributed by atoms with van der Waals surface area (Å²) in [4.78, 5) is 13.7. The zero-order chi connectivity index (χ0) is 17.6. The lowest BCUT2D eigenvalue weighted by Crippen LogP contribution is -2.25. The van der Waals surface area contributed by atoms with Crippen LogP contribution in [0.1, 0.15) is 20.3 Å². The standard InChI is InChI=1S/C18H20N4OS2/c1-3-14(17(23)19-13-9-6-5-7-10-13)25-18-21-20-16(22(18)4-2)15-11-8-12-24-15/h5-12,14H,3-4H2,1-2H3,(H,19,23). The van der Waals surface area contributed by atoms with Crippen LogP contribution in [0.4, 0.5) is 5.69 Å². The summed E-state index contributed by atoms with van der Waals surface area (Å²) < 4.78 is 2.06. The Balaban J connectivity index is 1.76. The van der Waals surface area contributed by atoms with Gasteiger partial charge in [0.25, 0.3) is 0 Å². The fraction of sp³-hybridized carbons (Fsp3) is 0.278. The zero-order valence-electron chi connectivity index (χ0n) is 14.2. The minimum atomic E-state index is -0.217. The Morgan fingerprint density at radius 2 is 2.00 bits per heavy atom. The first kappa shape index (κ1) is 17.7. The number of para-hydroxylation sites is 1. The van der Waals surface area contributed by atoms with E-state index >= 15 is 0 Å². The van der Waals surface area contributed by atoms with Crippen molar-refractivity contribution in [2.75, 3.05) is 5.32 Å². The Hall–Kier alpha value is -2.12. The van der Waals surface area contributed by atoms with Crippen molar-refractivity contribution in [1.29, 1.82) is 0 Å². The first-order valence-corrected chi connectivity index (χ1v) is 9.98. The van der Waals surface area contributed by atoms with Crippen LogP contribution in [0.3, 0.4) is 0 Å². The molecule has 1 atom stereocenters. The average Bonchev–Trinajstić information content (AvgIpc) is 3.29. The van der Waals surface area contributed by atoms with Crippen LogP contribution in [0.15, 0.2) is 53.0 Å². The van der Waals surface area contributed by atoms with Crippen LogP contribution in [0, 0.1) is 0 Å². The number of carbonyl (C=O) groups is 1. The molecule has 3 rings (SSSR count). The van der Waals surface area contributed by atoms with Gasteiger partial charge in [0.15, 0.2) is 11.0 Å². The third-order valence-corrected chi connectivity index (χ3v) is 5.94. The summed E-state index contributed by atoms with van der Waals surface area (Å²) in [5.74, 6) is 0.848. The molecule has 0 radical (unpaired) electrons. The van der Waals surface area contributed by atoms with Crippen LogP contribution >= 0.6 is 23.1 Å². The smallest absolute Gasteiger partial charge is 0.237 e. The molecule has 1 unspecified atom stereocenters. The topological polar surface area (TPSA) is 59.8 Å². The molecule has 25 heavy (non-hydrogen) atoms. The number of benzene rings is 1. The monoisotopic (exact) mass is 372 g/mol. The number of aromatic nitrogens is 3. The van der Waals surface area contributed by atoms with Gasteiger partial charge < -0.3 is 9.88 Å². The molecule has 0 aliphatic carbocycles. The van der Waals surface area contributed by atoms with Crippen LogP contribution in [-0.2, 0) is 11.3 Å². The van der Waals surface area contributed by atoms with Crippen molar-refractivity contribution in [3.8, 4) is 10.7 Å². The lowest BCUT2D eigenvalue weighted by atomic mass is 10.3. The van der Waals surface area contributed by atoms with Crippen molar-refractivity contribution < 1.29 is 4.79 Å². The minimum Gasteiger partial charge on any atom is -0.325 e. The maximum absolute atomic E-state index is 12.6. The fourth-order valence-electron chi connectivity index (χ4n) is 2.44. The molecule has 0 saturated carbocycles. The molecule has 1 aromatic carbocycles. The molecule has 1 amide bonds. The summed E-state index contributed by atoms with van der Waals surface area (Å²) >= 11 is 3.11. The second kappa shape index (κ2) is 8.31. The molecule has 3 aromatic rings. The second-order valence-electron chi connectivity index (χ2n) is 5.40. The molecule has 7 heteroatoms. The number of nitrogens with zero attached hydrogens (tertiary/aromatic N) is 3. The van der Waals surface area contributed by atoms with E-state index in [2.05, 4.69) is 27.0 Å². The summed E-state index contributed by atoms with van der Waals surface area (Å²) in [5, 5.41) is 14.2. The van der Waals surface area contributed by atoms with E-state index < -0.39 is 0 Å². The van der Waals surface area contributed by atoms with Crippen LogP contribution in [-0.4, -0.2) is 25.9 Å². The van der Waals surface area contributed by atoms with E-state index in [1.807, 2.05) is 54.8 Å². The Bertz CT molecular complexity index is 815. The third-order valence-electron chi connectivity index (χ3n) is 3.73. The van der Waals surface area contributed by atoms with E-state index in [9.17, 15) is 4.79 Å². The fourth-order valence-corrected chi connectivity index (χ4v) is 4.18. The molecule has 0 aliphatic rings. The molecular formula is C18H20N4OS2. The van der Waals surface area contributed by atoms with Crippen molar-refractivity contribution in [2.24, 2.45) is 0 Å². The predicted molar refractivity (Wildman–Crippen MR) is 104 cm³/mol. The Labute approximate surface area is 155 Å². The normalized spacial score (nSPS) is 12.1. The Morgan fingerprint density at radius 3 is 2.64 bits per heavy atom. The Morgan fingerprint density at radius 1 is 1.20 bits per heavy atom. The first-order valence-electron chi connectivity index (χ1n) is 8.22. The largest absolute Gasteiger partial charge is 0.325 e. The molecule has 2 heterocycles. The van der Waals surface area contributed by atoms with Crippen molar-refractivity contribution in [1.82, 2.24) is 14.8 Å². The quantitative estimate of drug-likeness (QED) is 0.619. The number of nitrogens with one attached hydrogen (secondary N) is 1. The van der Waals surface area contributed by atoms with Gasteiger partial charge in [-0.3, -0.25) is 4.79 Å². The van der Waals surface area contributed by atoms with Crippen molar-refractivity contribution >= 4 is 34.7 Å². The second-order valence-corrected chi connectivity index (χ2v) is 7.52. The molecule has 0 bridgehead atoms. The Kier molecular flexibility index (Phi) is 5.88. The number of carbonyl (C=O) groups excluding carboxylic acids is 1. The number of thioether (sulfide) groups is 1. The van der Waals surface area contributed by atoms with Crippen LogP contribution < -0.4 is 5.32 Å². The van der Waals surface area contributed by atoms with Gasteiger partial charge in [-0.1, -0.05) is 43.0 Å². The van der Waals surface area contributed by atoms with Crippen molar-refractivity contribution in [3.63, 3.8) is 0 Å². The summed E-state index contributed by atoms with van der Waals surface area (Å²) in [6, 6.07) is 13.6. The SMILES string of the molecule is CCC(Sc1nnc(-c2cccs2)n1CC)C(=O)Nc1ccccc1. The lowest BCUT2D eigenvalue weighted by molar-refractivity contribution is -0.115. The molecule has 130 valence electrons. The number of hydrogen-bond donors (Lipinski definition) is 1. The summed E-state index contributed by atoms with van der Waals surface area (Å²) in [6.07, 6.45) is 0.717. The van der Waals surface area contributed by atoms with Gasteiger partial charge in [-0.2, -0.15) is 0 Å². The van der Waals surface area contributed by atoms with E-state index in [0.29, 0.717) is 6.42 Å². The highest BCUT2D eigenvalue weighted by Crippen LogP contribution is 2.30. The van der Waals surface area contributed by atoms with E-state index in [0.717, 1.165) is 28.1 Å². The minimum absolute atomic E-state index is 0.0120. The first-order chi connectivity index (χ1) is 12.2. The van der Waals surface area contributed by atoms with Crippen LogP contribution in [0.5, 0.6) is 0 Å².